The second-order valence-electron chi connectivity index (χ2n) is 4.17. The Kier molecular flexibility index (Phi) is 5.51. The van der Waals surface area contributed by atoms with E-state index in [0.29, 0.717) is 17.0 Å². The van der Waals surface area contributed by atoms with E-state index >= 15 is 0 Å². The van der Waals surface area contributed by atoms with Crippen molar-refractivity contribution in [2.75, 3.05) is 14.2 Å². The Morgan fingerprint density at radius 3 is 2.63 bits per heavy atom. The molecule has 1 aliphatic rings. The van der Waals surface area contributed by atoms with Gasteiger partial charge in [-0.05, 0) is 11.8 Å². The molecule has 0 saturated heterocycles. The van der Waals surface area contributed by atoms with Gasteiger partial charge in [0.05, 0.1) is 12.9 Å². The molecule has 2 rings (SSSR count). The summed E-state index contributed by atoms with van der Waals surface area (Å²) in [6.07, 6.45) is 4.90. The molecule has 1 radical (unpaired) electrons. The monoisotopic (exact) mass is 333 g/mol. The molecule has 97 valence electrons. The number of likely N-dealkylation sites (N-methyl/N-ethyl adjacent to an activating group) is 1. The van der Waals surface area contributed by atoms with Crippen LogP contribution in [-0.4, -0.2) is 19.1 Å². The van der Waals surface area contributed by atoms with E-state index in [2.05, 4.69) is 12.7 Å². The van der Waals surface area contributed by atoms with Gasteiger partial charge in [0.1, 0.15) is 5.75 Å². The fraction of sp³-hybridized carbons (Fsp3) is 0.200. The van der Waals surface area contributed by atoms with Crippen LogP contribution in [-0.2, 0) is 32.7 Å². The average Bonchev–Trinajstić information content (AvgIpc) is 2.37. The second-order valence-corrected chi connectivity index (χ2v) is 4.17. The van der Waals surface area contributed by atoms with Crippen LogP contribution in [0.15, 0.2) is 42.1 Å². The normalized spacial score (nSPS) is 14.5. The number of ether oxygens (including phenoxy) is 1. The van der Waals surface area contributed by atoms with Crippen molar-refractivity contribution in [3.63, 3.8) is 0 Å². The van der Waals surface area contributed by atoms with Gasteiger partial charge in [-0.25, -0.2) is 4.39 Å². The fourth-order valence-electron chi connectivity index (χ4n) is 1.83. The molecule has 0 unspecified atom stereocenters. The molecule has 0 N–H and O–H groups in total. The van der Waals surface area contributed by atoms with E-state index in [9.17, 15) is 4.39 Å². The van der Waals surface area contributed by atoms with E-state index in [1.165, 1.54) is 13.2 Å². The van der Waals surface area contributed by atoms with E-state index in [1.807, 2.05) is 24.9 Å². The first-order valence-corrected chi connectivity index (χ1v) is 5.61. The number of hydrogen-bond donors (Lipinski definition) is 0. The molecule has 0 amide bonds. The summed E-state index contributed by atoms with van der Waals surface area (Å²) < 4.78 is 19.0. The Hall–Kier alpha value is -0.926. The van der Waals surface area contributed by atoms with Gasteiger partial charge >= 0.3 is 0 Å². The quantitative estimate of drug-likeness (QED) is 0.770. The van der Waals surface area contributed by atoms with Crippen LogP contribution in [0.3, 0.4) is 0 Å². The molecule has 19 heavy (non-hydrogen) atoms. The molecule has 0 saturated carbocycles. The molecule has 1 aromatic carbocycles. The largest absolute Gasteiger partial charge is 0.497 e. The number of methoxy groups -OCH3 is 1. The predicted molar refractivity (Wildman–Crippen MR) is 70.3 cm³/mol. The predicted octanol–water partition coefficient (Wildman–Crippen LogP) is 3.38. The molecule has 1 heterocycles. The zero-order chi connectivity index (χ0) is 13.3. The van der Waals surface area contributed by atoms with Crippen molar-refractivity contribution >= 4 is 5.70 Å². The zero-order valence-electron chi connectivity index (χ0n) is 11.3. The van der Waals surface area contributed by atoms with Gasteiger partial charge < -0.3 is 9.64 Å². The maximum Gasteiger partial charge on any atom is 0.119 e. The van der Waals surface area contributed by atoms with Crippen LogP contribution in [0.4, 0.5) is 4.39 Å². The molecule has 0 spiro atoms. The van der Waals surface area contributed by atoms with Crippen LogP contribution in [0.25, 0.3) is 5.70 Å². The first kappa shape index (κ1) is 16.1. The average molecular weight is 333 g/mol. The van der Waals surface area contributed by atoms with Gasteiger partial charge in [-0.3, -0.25) is 0 Å². The first-order chi connectivity index (χ1) is 8.54. The number of nitrogens with zero attached hydrogens (tertiary/aromatic N) is 1. The van der Waals surface area contributed by atoms with E-state index < -0.39 is 0 Å². The van der Waals surface area contributed by atoms with Crippen LogP contribution in [0.2, 0.25) is 0 Å². The second kappa shape index (κ2) is 6.49. The Morgan fingerprint density at radius 1 is 1.37 bits per heavy atom. The third-order valence-electron chi connectivity index (χ3n) is 3.05. The van der Waals surface area contributed by atoms with Crippen LogP contribution < -0.4 is 4.74 Å². The Balaban J connectivity index is 0.00000180. The van der Waals surface area contributed by atoms with Gasteiger partial charge in [0, 0.05) is 45.8 Å². The summed E-state index contributed by atoms with van der Waals surface area (Å²) in [6.45, 7) is 5.92. The molecule has 4 heteroatoms. The first-order valence-electron chi connectivity index (χ1n) is 5.61. The number of halogens is 1. The molecule has 0 fully saturated rings. The SMILES string of the molecule is C=C1C(C)=C[C-]=C(c2ccc(OC)cc2F)N1C.[Y]. The Bertz CT molecular complexity index is 563. The zero-order valence-corrected chi connectivity index (χ0v) is 14.2. The van der Waals surface area contributed by atoms with Crippen molar-refractivity contribution < 1.29 is 41.8 Å². The van der Waals surface area contributed by atoms with Gasteiger partial charge in [-0.15, -0.1) is 11.6 Å². The molecular weight excluding hydrogens is 318 g/mol. The van der Waals surface area contributed by atoms with Crippen molar-refractivity contribution in [3.05, 3.63) is 59.6 Å². The minimum absolute atomic E-state index is 0. The minimum atomic E-state index is -0.329. The molecule has 1 aromatic rings. The van der Waals surface area contributed by atoms with Gasteiger partial charge in [-0.1, -0.05) is 24.8 Å². The third kappa shape index (κ3) is 3.15. The Morgan fingerprint density at radius 2 is 2.05 bits per heavy atom. The van der Waals surface area contributed by atoms with E-state index in [-0.39, 0.29) is 38.5 Å². The molecule has 2 nitrogen and oxygen atoms in total. The number of hydrogen-bond acceptors (Lipinski definition) is 2. The van der Waals surface area contributed by atoms with Crippen molar-refractivity contribution in [2.24, 2.45) is 0 Å². The summed E-state index contributed by atoms with van der Waals surface area (Å²) in [4.78, 5) is 1.83. The summed E-state index contributed by atoms with van der Waals surface area (Å²) in [6, 6.07) is 4.79. The van der Waals surface area contributed by atoms with Gasteiger partial charge in [0.15, 0.2) is 0 Å². The van der Waals surface area contributed by atoms with Crippen molar-refractivity contribution in [2.45, 2.75) is 6.92 Å². The molecule has 1 aliphatic heterocycles. The van der Waals surface area contributed by atoms with Crippen molar-refractivity contribution in [3.8, 4) is 5.75 Å². The maximum absolute atomic E-state index is 14.0. The minimum Gasteiger partial charge on any atom is -0.497 e. The van der Waals surface area contributed by atoms with Crippen LogP contribution >= 0.6 is 0 Å². The number of allylic oxidation sites excluding steroid dienone is 3. The fourth-order valence-corrected chi connectivity index (χ4v) is 1.83. The standard InChI is InChI=1S/C15H15FNO.Y/c1-10-5-8-15(17(3)11(10)2)13-7-6-12(18-4)9-14(13)16;/h5-7,9H,2H2,1,3-4H3;/q-1;. The molecular formula is C15H15FNOY-. The summed E-state index contributed by atoms with van der Waals surface area (Å²) >= 11 is 0. The third-order valence-corrected chi connectivity index (χ3v) is 3.05. The summed E-state index contributed by atoms with van der Waals surface area (Å²) in [5.41, 5.74) is 3.03. The number of rotatable bonds is 2. The summed E-state index contributed by atoms with van der Waals surface area (Å²) in [5, 5.41) is 0. The van der Waals surface area contributed by atoms with Crippen LogP contribution in [0, 0.1) is 11.9 Å². The van der Waals surface area contributed by atoms with Gasteiger partial charge in [0.25, 0.3) is 0 Å². The summed E-state index contributed by atoms with van der Waals surface area (Å²) in [7, 11) is 3.37. The molecule has 0 bridgehead atoms. The number of benzene rings is 1. The van der Waals surface area contributed by atoms with E-state index in [0.717, 1.165) is 11.3 Å². The van der Waals surface area contributed by atoms with Gasteiger partial charge in [-0.2, -0.15) is 12.2 Å². The van der Waals surface area contributed by atoms with Crippen molar-refractivity contribution in [1.29, 1.82) is 0 Å². The van der Waals surface area contributed by atoms with Gasteiger partial charge in [0.2, 0.25) is 0 Å². The smallest absolute Gasteiger partial charge is 0.119 e. The van der Waals surface area contributed by atoms with Crippen LogP contribution in [0.5, 0.6) is 5.75 Å². The molecule has 0 atom stereocenters. The van der Waals surface area contributed by atoms with Crippen molar-refractivity contribution in [1.82, 2.24) is 4.90 Å². The molecule has 0 aliphatic carbocycles. The topological polar surface area (TPSA) is 12.5 Å². The molecule has 0 aromatic heterocycles. The van der Waals surface area contributed by atoms with E-state index in [4.69, 9.17) is 4.74 Å². The van der Waals surface area contributed by atoms with E-state index in [1.54, 1.807) is 12.1 Å². The maximum atomic E-state index is 14.0. The summed E-state index contributed by atoms with van der Waals surface area (Å²) in [5.74, 6) is 0.172. The Labute approximate surface area is 138 Å². The van der Waals surface area contributed by atoms with Crippen LogP contribution in [0.1, 0.15) is 12.5 Å².